The summed E-state index contributed by atoms with van der Waals surface area (Å²) < 4.78 is 0. The van der Waals surface area contributed by atoms with Crippen LogP contribution in [0, 0.1) is 5.92 Å². The van der Waals surface area contributed by atoms with Crippen LogP contribution in [-0.4, -0.2) is 23.3 Å². The Morgan fingerprint density at radius 3 is 2.56 bits per heavy atom. The van der Waals surface area contributed by atoms with Crippen molar-refractivity contribution in [1.82, 2.24) is 10.2 Å². The second-order valence-corrected chi connectivity index (χ2v) is 6.81. The predicted molar refractivity (Wildman–Crippen MR) is 98.0 cm³/mol. The summed E-state index contributed by atoms with van der Waals surface area (Å²) in [5.41, 5.74) is 2.06. The quantitative estimate of drug-likeness (QED) is 0.890. The predicted octanol–water partition coefficient (Wildman–Crippen LogP) is 3.57. The Hall–Kier alpha value is -2.33. The zero-order valence-electron chi connectivity index (χ0n) is 14.1. The van der Waals surface area contributed by atoms with Gasteiger partial charge in [-0.05, 0) is 30.2 Å². The minimum Gasteiger partial charge on any atom is -0.352 e. The first-order valence-corrected chi connectivity index (χ1v) is 8.79. The molecule has 25 heavy (non-hydrogen) atoms. The second-order valence-electron chi connectivity index (χ2n) is 6.38. The van der Waals surface area contributed by atoms with Gasteiger partial charge >= 0.3 is 0 Å². The summed E-state index contributed by atoms with van der Waals surface area (Å²) in [6.45, 7) is 2.90. The molecule has 1 saturated heterocycles. The van der Waals surface area contributed by atoms with Crippen molar-refractivity contribution in [3.05, 3.63) is 70.7 Å². The first-order chi connectivity index (χ1) is 12.0. The van der Waals surface area contributed by atoms with Gasteiger partial charge in [0.2, 0.25) is 11.8 Å². The Kier molecular flexibility index (Phi) is 5.39. The molecule has 0 aliphatic carbocycles. The number of halogens is 1. The van der Waals surface area contributed by atoms with Crippen molar-refractivity contribution in [2.45, 2.75) is 25.9 Å². The van der Waals surface area contributed by atoms with E-state index in [0.29, 0.717) is 18.1 Å². The number of amides is 2. The molecule has 0 radical (unpaired) electrons. The lowest BCUT2D eigenvalue weighted by molar-refractivity contribution is -0.130. The highest BCUT2D eigenvalue weighted by Crippen LogP contribution is 2.28. The molecule has 0 saturated carbocycles. The largest absolute Gasteiger partial charge is 0.352 e. The van der Waals surface area contributed by atoms with Gasteiger partial charge in [0.1, 0.15) is 0 Å². The van der Waals surface area contributed by atoms with E-state index in [-0.39, 0.29) is 30.2 Å². The van der Waals surface area contributed by atoms with Gasteiger partial charge in [0.15, 0.2) is 0 Å². The third-order valence-corrected chi connectivity index (χ3v) is 4.91. The summed E-state index contributed by atoms with van der Waals surface area (Å²) in [7, 11) is 0. The third kappa shape index (κ3) is 4.20. The lowest BCUT2D eigenvalue weighted by Gasteiger charge is -2.25. The van der Waals surface area contributed by atoms with E-state index in [2.05, 4.69) is 5.32 Å². The van der Waals surface area contributed by atoms with Crippen molar-refractivity contribution in [3.8, 4) is 0 Å². The van der Waals surface area contributed by atoms with Crippen LogP contribution in [0.1, 0.15) is 30.5 Å². The summed E-state index contributed by atoms with van der Waals surface area (Å²) in [5, 5.41) is 3.59. The number of nitrogens with zero attached hydrogens (tertiary/aromatic N) is 1. The van der Waals surface area contributed by atoms with E-state index in [0.717, 1.165) is 11.1 Å². The number of hydrogen-bond donors (Lipinski definition) is 1. The molecule has 2 aromatic rings. The summed E-state index contributed by atoms with van der Waals surface area (Å²) in [5.74, 6) is -0.347. The zero-order chi connectivity index (χ0) is 17.8. The Bertz CT molecular complexity index is 746. The van der Waals surface area contributed by atoms with Crippen molar-refractivity contribution < 1.29 is 9.59 Å². The molecule has 1 heterocycles. The number of rotatable bonds is 5. The van der Waals surface area contributed by atoms with Gasteiger partial charge in [0.05, 0.1) is 12.0 Å². The number of hydrogen-bond acceptors (Lipinski definition) is 2. The van der Waals surface area contributed by atoms with Crippen LogP contribution >= 0.6 is 11.6 Å². The van der Waals surface area contributed by atoms with Crippen LogP contribution in [-0.2, 0) is 16.1 Å². The lowest BCUT2D eigenvalue weighted by Crippen LogP contribution is -2.33. The van der Waals surface area contributed by atoms with Gasteiger partial charge in [-0.1, -0.05) is 54.1 Å². The molecule has 0 unspecified atom stereocenters. The van der Waals surface area contributed by atoms with Gasteiger partial charge in [-0.25, -0.2) is 0 Å². The van der Waals surface area contributed by atoms with Gasteiger partial charge in [0.25, 0.3) is 0 Å². The zero-order valence-corrected chi connectivity index (χ0v) is 14.9. The fraction of sp³-hybridized carbons (Fsp3) is 0.300. The summed E-state index contributed by atoms with van der Waals surface area (Å²) in [6, 6.07) is 17.2. The highest BCUT2D eigenvalue weighted by atomic mass is 35.5. The SMILES string of the molecule is C[C@@H](c1ccccc1)N1C[C@@H](C(=O)NCc2ccc(Cl)cc2)CC1=O. The minimum absolute atomic E-state index is 0.0252. The average molecular weight is 357 g/mol. The molecule has 1 N–H and O–H groups in total. The van der Waals surface area contributed by atoms with Crippen LogP contribution in [0.5, 0.6) is 0 Å². The van der Waals surface area contributed by atoms with E-state index in [9.17, 15) is 9.59 Å². The Balaban J connectivity index is 1.58. The van der Waals surface area contributed by atoms with E-state index in [1.54, 1.807) is 17.0 Å². The molecule has 1 aliphatic heterocycles. The first kappa shape index (κ1) is 17.5. The highest BCUT2D eigenvalue weighted by Gasteiger charge is 2.36. The Morgan fingerprint density at radius 1 is 1.20 bits per heavy atom. The summed E-state index contributed by atoms with van der Waals surface area (Å²) in [4.78, 5) is 26.6. The maximum atomic E-state index is 12.4. The monoisotopic (exact) mass is 356 g/mol. The van der Waals surface area contributed by atoms with Crippen LogP contribution in [0.3, 0.4) is 0 Å². The maximum absolute atomic E-state index is 12.4. The average Bonchev–Trinajstić information content (AvgIpc) is 3.03. The van der Waals surface area contributed by atoms with Crippen molar-refractivity contribution in [1.29, 1.82) is 0 Å². The number of likely N-dealkylation sites (tertiary alicyclic amines) is 1. The molecule has 0 bridgehead atoms. The van der Waals surface area contributed by atoms with Gasteiger partial charge in [-0.2, -0.15) is 0 Å². The van der Waals surface area contributed by atoms with E-state index in [1.807, 2.05) is 49.4 Å². The molecule has 130 valence electrons. The second kappa shape index (κ2) is 7.70. The molecule has 4 nitrogen and oxygen atoms in total. The minimum atomic E-state index is -0.300. The van der Waals surface area contributed by atoms with Crippen molar-refractivity contribution >= 4 is 23.4 Å². The Labute approximate surface area is 152 Å². The van der Waals surface area contributed by atoms with Gasteiger partial charge in [-0.15, -0.1) is 0 Å². The third-order valence-electron chi connectivity index (χ3n) is 4.66. The summed E-state index contributed by atoms with van der Waals surface area (Å²) in [6.07, 6.45) is 0.267. The normalized spacial score (nSPS) is 18.2. The molecule has 2 amide bonds. The molecule has 3 rings (SSSR count). The molecule has 5 heteroatoms. The number of carbonyl (C=O) groups excluding carboxylic acids is 2. The van der Waals surface area contributed by atoms with Crippen LogP contribution in [0.15, 0.2) is 54.6 Å². The smallest absolute Gasteiger partial charge is 0.225 e. The van der Waals surface area contributed by atoms with Crippen LogP contribution < -0.4 is 5.32 Å². The molecule has 0 spiro atoms. The van der Waals surface area contributed by atoms with Gasteiger partial charge in [-0.3, -0.25) is 9.59 Å². The molecular weight excluding hydrogens is 336 g/mol. The van der Waals surface area contributed by atoms with E-state index >= 15 is 0 Å². The molecule has 1 fully saturated rings. The van der Waals surface area contributed by atoms with E-state index in [1.165, 1.54) is 0 Å². The number of benzene rings is 2. The highest BCUT2D eigenvalue weighted by molar-refractivity contribution is 6.30. The van der Waals surface area contributed by atoms with E-state index < -0.39 is 0 Å². The van der Waals surface area contributed by atoms with Crippen LogP contribution in [0.4, 0.5) is 0 Å². The molecular formula is C20H21ClN2O2. The lowest BCUT2D eigenvalue weighted by atomic mass is 10.1. The first-order valence-electron chi connectivity index (χ1n) is 8.41. The van der Waals surface area contributed by atoms with Crippen molar-refractivity contribution in [2.75, 3.05) is 6.54 Å². The standard InChI is InChI=1S/C20H21ClN2O2/c1-14(16-5-3-2-4-6-16)23-13-17(11-19(23)24)20(25)22-12-15-7-9-18(21)10-8-15/h2-10,14,17H,11-13H2,1H3,(H,22,25)/t14-,17-/m0/s1. The molecule has 2 aromatic carbocycles. The molecule has 1 aliphatic rings. The Morgan fingerprint density at radius 2 is 1.88 bits per heavy atom. The summed E-state index contributed by atoms with van der Waals surface area (Å²) >= 11 is 5.86. The molecule has 2 atom stereocenters. The van der Waals surface area contributed by atoms with Crippen LogP contribution in [0.25, 0.3) is 0 Å². The van der Waals surface area contributed by atoms with Crippen molar-refractivity contribution in [2.24, 2.45) is 5.92 Å². The van der Waals surface area contributed by atoms with Crippen molar-refractivity contribution in [3.63, 3.8) is 0 Å². The fourth-order valence-electron chi connectivity index (χ4n) is 3.13. The number of nitrogens with one attached hydrogen (secondary N) is 1. The van der Waals surface area contributed by atoms with E-state index in [4.69, 9.17) is 11.6 Å². The fourth-order valence-corrected chi connectivity index (χ4v) is 3.25. The van der Waals surface area contributed by atoms with Gasteiger partial charge < -0.3 is 10.2 Å². The van der Waals surface area contributed by atoms with Crippen LogP contribution in [0.2, 0.25) is 5.02 Å². The maximum Gasteiger partial charge on any atom is 0.225 e. The van der Waals surface area contributed by atoms with Gasteiger partial charge in [0, 0.05) is 24.5 Å². The number of carbonyl (C=O) groups is 2. The molecule has 0 aromatic heterocycles. The topological polar surface area (TPSA) is 49.4 Å².